The van der Waals surface area contributed by atoms with E-state index in [-0.39, 0.29) is 19.0 Å². The topological polar surface area (TPSA) is 54.0 Å². The molecule has 0 atom stereocenters. The lowest BCUT2D eigenvalue weighted by molar-refractivity contribution is -0.144. The van der Waals surface area contributed by atoms with Crippen molar-refractivity contribution in [3.05, 3.63) is 53.6 Å². The summed E-state index contributed by atoms with van der Waals surface area (Å²) < 4.78 is 21.4. The van der Waals surface area contributed by atoms with Crippen LogP contribution in [0, 0.1) is 6.92 Å². The van der Waals surface area contributed by atoms with Crippen molar-refractivity contribution in [2.24, 2.45) is 0 Å². The highest BCUT2D eigenvalue weighted by atomic mass is 16.6. The average molecular weight is 344 g/mol. The fourth-order valence-electron chi connectivity index (χ4n) is 2.48. The third kappa shape index (κ3) is 5.41. The summed E-state index contributed by atoms with van der Waals surface area (Å²) in [5, 5.41) is 0. The van der Waals surface area contributed by atoms with Crippen LogP contribution in [0.5, 0.6) is 17.2 Å². The van der Waals surface area contributed by atoms with Gasteiger partial charge in [0, 0.05) is 6.42 Å². The number of aryl methyl sites for hydroxylation is 2. The molecule has 0 aliphatic rings. The van der Waals surface area contributed by atoms with Crippen LogP contribution in [0.1, 0.15) is 17.5 Å². The molecule has 5 nitrogen and oxygen atoms in total. The second-order valence-corrected chi connectivity index (χ2v) is 5.49. The van der Waals surface area contributed by atoms with Gasteiger partial charge in [-0.15, -0.1) is 0 Å². The van der Waals surface area contributed by atoms with E-state index in [9.17, 15) is 4.79 Å². The van der Waals surface area contributed by atoms with Gasteiger partial charge in [0.05, 0.1) is 14.2 Å². The predicted octanol–water partition coefficient (Wildman–Crippen LogP) is 3.57. The predicted molar refractivity (Wildman–Crippen MR) is 95.5 cm³/mol. The number of carbonyl (C=O) groups excluding carboxylic acids is 1. The van der Waals surface area contributed by atoms with Gasteiger partial charge >= 0.3 is 5.97 Å². The minimum Gasteiger partial charge on any atom is -0.493 e. The van der Waals surface area contributed by atoms with Crippen LogP contribution in [0.4, 0.5) is 0 Å². The number of methoxy groups -OCH3 is 2. The van der Waals surface area contributed by atoms with Gasteiger partial charge in [-0.25, -0.2) is 0 Å². The van der Waals surface area contributed by atoms with Crippen molar-refractivity contribution in [3.8, 4) is 17.2 Å². The number of esters is 1. The Bertz CT molecular complexity index is 696. The van der Waals surface area contributed by atoms with E-state index in [1.807, 2.05) is 49.4 Å². The Balaban J connectivity index is 1.75. The molecule has 134 valence electrons. The van der Waals surface area contributed by atoms with E-state index in [1.165, 1.54) is 0 Å². The second-order valence-electron chi connectivity index (χ2n) is 5.49. The van der Waals surface area contributed by atoms with Crippen molar-refractivity contribution in [3.63, 3.8) is 0 Å². The lowest BCUT2D eigenvalue weighted by Crippen LogP contribution is -2.13. The van der Waals surface area contributed by atoms with Crippen LogP contribution in [0.2, 0.25) is 0 Å². The summed E-state index contributed by atoms with van der Waals surface area (Å²) in [4.78, 5) is 11.9. The number of ether oxygens (including phenoxy) is 4. The molecule has 0 aromatic heterocycles. The fraction of sp³-hybridized carbons (Fsp3) is 0.350. The standard InChI is InChI=1S/C20H24O5/c1-15-7-4-5-9-17(15)24-13-14-25-19(21)12-11-16-8-6-10-18(22-2)20(16)23-3/h4-10H,11-14H2,1-3H3. The molecule has 0 N–H and O–H groups in total. The lowest BCUT2D eigenvalue weighted by Gasteiger charge is -2.12. The first-order chi connectivity index (χ1) is 12.2. The minimum absolute atomic E-state index is 0.225. The van der Waals surface area contributed by atoms with Gasteiger partial charge in [0.25, 0.3) is 0 Å². The fourth-order valence-corrected chi connectivity index (χ4v) is 2.48. The molecule has 0 saturated carbocycles. The van der Waals surface area contributed by atoms with E-state index in [0.29, 0.717) is 24.5 Å². The summed E-state index contributed by atoms with van der Waals surface area (Å²) in [6.07, 6.45) is 0.797. The Morgan fingerprint density at radius 1 is 0.920 bits per heavy atom. The van der Waals surface area contributed by atoms with Gasteiger partial charge in [-0.2, -0.15) is 0 Å². The van der Waals surface area contributed by atoms with E-state index in [1.54, 1.807) is 14.2 Å². The summed E-state index contributed by atoms with van der Waals surface area (Å²) in [6, 6.07) is 13.3. The Labute approximate surface area is 148 Å². The molecule has 0 bridgehead atoms. The van der Waals surface area contributed by atoms with Crippen LogP contribution >= 0.6 is 0 Å². The molecule has 0 aliphatic heterocycles. The molecular weight excluding hydrogens is 320 g/mol. The first kappa shape index (κ1) is 18.6. The molecule has 0 unspecified atom stereocenters. The maximum absolute atomic E-state index is 11.9. The van der Waals surface area contributed by atoms with Gasteiger partial charge < -0.3 is 18.9 Å². The Morgan fingerprint density at radius 3 is 2.40 bits per heavy atom. The number of hydrogen-bond acceptors (Lipinski definition) is 5. The van der Waals surface area contributed by atoms with Gasteiger partial charge in [-0.1, -0.05) is 30.3 Å². The summed E-state index contributed by atoms with van der Waals surface area (Å²) in [6.45, 7) is 2.53. The normalized spacial score (nSPS) is 10.2. The Kier molecular flexibility index (Phi) is 7.14. The largest absolute Gasteiger partial charge is 0.493 e. The van der Waals surface area contributed by atoms with Gasteiger partial charge in [-0.3, -0.25) is 4.79 Å². The molecule has 0 fully saturated rings. The average Bonchev–Trinajstić information content (AvgIpc) is 2.64. The third-order valence-electron chi connectivity index (χ3n) is 3.78. The first-order valence-corrected chi connectivity index (χ1v) is 8.19. The van der Waals surface area contributed by atoms with Crippen LogP contribution in [0.3, 0.4) is 0 Å². The Morgan fingerprint density at radius 2 is 1.68 bits per heavy atom. The number of rotatable bonds is 9. The number of benzene rings is 2. The SMILES string of the molecule is COc1cccc(CCC(=O)OCCOc2ccccc2C)c1OC. The van der Waals surface area contributed by atoms with Crippen LogP contribution in [-0.2, 0) is 16.0 Å². The molecule has 5 heteroatoms. The van der Waals surface area contributed by atoms with Crippen molar-refractivity contribution in [2.75, 3.05) is 27.4 Å². The lowest BCUT2D eigenvalue weighted by atomic mass is 10.1. The molecule has 0 radical (unpaired) electrons. The molecule has 0 spiro atoms. The zero-order valence-corrected chi connectivity index (χ0v) is 14.9. The van der Waals surface area contributed by atoms with Crippen molar-refractivity contribution in [1.82, 2.24) is 0 Å². The maximum Gasteiger partial charge on any atom is 0.306 e. The van der Waals surface area contributed by atoms with Crippen LogP contribution in [0.25, 0.3) is 0 Å². The smallest absolute Gasteiger partial charge is 0.306 e. The van der Waals surface area contributed by atoms with Crippen molar-refractivity contribution in [1.29, 1.82) is 0 Å². The third-order valence-corrected chi connectivity index (χ3v) is 3.78. The van der Waals surface area contributed by atoms with Crippen LogP contribution in [0.15, 0.2) is 42.5 Å². The molecule has 0 amide bonds. The maximum atomic E-state index is 11.9. The second kappa shape index (κ2) is 9.57. The highest BCUT2D eigenvalue weighted by Gasteiger charge is 2.11. The molecule has 0 heterocycles. The summed E-state index contributed by atoms with van der Waals surface area (Å²) >= 11 is 0. The van der Waals surface area contributed by atoms with Gasteiger partial charge in [-0.05, 0) is 36.6 Å². The molecular formula is C20H24O5. The number of carbonyl (C=O) groups is 1. The minimum atomic E-state index is -0.266. The van der Waals surface area contributed by atoms with Gasteiger partial charge in [0.2, 0.25) is 0 Å². The number of para-hydroxylation sites is 2. The van der Waals surface area contributed by atoms with E-state index in [0.717, 1.165) is 16.9 Å². The van der Waals surface area contributed by atoms with E-state index in [2.05, 4.69) is 0 Å². The molecule has 2 aromatic rings. The summed E-state index contributed by atoms with van der Waals surface area (Å²) in [5.41, 5.74) is 1.97. The summed E-state index contributed by atoms with van der Waals surface area (Å²) in [7, 11) is 3.17. The molecule has 0 aliphatic carbocycles. The molecule has 2 aromatic carbocycles. The quantitative estimate of drug-likeness (QED) is 0.514. The van der Waals surface area contributed by atoms with Crippen LogP contribution < -0.4 is 14.2 Å². The van der Waals surface area contributed by atoms with E-state index >= 15 is 0 Å². The Hall–Kier alpha value is -2.69. The zero-order valence-electron chi connectivity index (χ0n) is 14.9. The van der Waals surface area contributed by atoms with Gasteiger partial charge in [0.1, 0.15) is 19.0 Å². The zero-order chi connectivity index (χ0) is 18.1. The summed E-state index contributed by atoms with van der Waals surface area (Å²) in [5.74, 6) is 1.85. The highest BCUT2D eigenvalue weighted by Crippen LogP contribution is 2.31. The highest BCUT2D eigenvalue weighted by molar-refractivity contribution is 5.70. The van der Waals surface area contributed by atoms with Crippen molar-refractivity contribution < 1.29 is 23.7 Å². The van der Waals surface area contributed by atoms with Crippen molar-refractivity contribution in [2.45, 2.75) is 19.8 Å². The number of hydrogen-bond donors (Lipinski definition) is 0. The molecule has 2 rings (SSSR count). The van der Waals surface area contributed by atoms with Crippen molar-refractivity contribution >= 4 is 5.97 Å². The monoisotopic (exact) mass is 344 g/mol. The van der Waals surface area contributed by atoms with Gasteiger partial charge in [0.15, 0.2) is 11.5 Å². The van der Waals surface area contributed by atoms with E-state index in [4.69, 9.17) is 18.9 Å². The molecule has 25 heavy (non-hydrogen) atoms. The molecule has 0 saturated heterocycles. The van der Waals surface area contributed by atoms with Crippen LogP contribution in [-0.4, -0.2) is 33.4 Å². The first-order valence-electron chi connectivity index (χ1n) is 8.19. The van der Waals surface area contributed by atoms with E-state index < -0.39 is 0 Å².